The zero-order valence-electron chi connectivity index (χ0n) is 13.9. The third-order valence-electron chi connectivity index (χ3n) is 3.37. The first-order chi connectivity index (χ1) is 11.6. The van der Waals surface area contributed by atoms with Crippen LogP contribution < -0.4 is 21.1 Å². The number of nitrogens with zero attached hydrogens (tertiary/aromatic N) is 2. The highest BCUT2D eigenvalue weighted by molar-refractivity contribution is 7.98. The van der Waals surface area contributed by atoms with Crippen molar-refractivity contribution >= 4 is 51.5 Å². The van der Waals surface area contributed by atoms with E-state index in [1.54, 1.807) is 11.8 Å². The molecule has 0 atom stereocenters. The minimum atomic E-state index is -0.224. The van der Waals surface area contributed by atoms with Crippen molar-refractivity contribution in [3.05, 3.63) is 10.6 Å². The average Bonchev–Trinajstić information content (AvgIpc) is 2.99. The number of thioether (sulfide) groups is 1. The molecule has 0 aliphatic carbocycles. The quantitative estimate of drug-likeness (QED) is 0.380. The van der Waals surface area contributed by atoms with Crippen LogP contribution >= 0.6 is 35.3 Å². The molecule has 2 rings (SSSR count). The van der Waals surface area contributed by atoms with Gasteiger partial charge in [-0.05, 0) is 37.6 Å². The number of rotatable bonds is 6. The van der Waals surface area contributed by atoms with Crippen LogP contribution in [0.3, 0.4) is 0 Å². The number of morpholine rings is 1. The molecule has 1 aromatic heterocycles. The predicted molar refractivity (Wildman–Crippen MR) is 104 cm³/mol. The van der Waals surface area contributed by atoms with E-state index in [1.165, 1.54) is 11.3 Å². The normalized spacial score (nSPS) is 14.3. The average molecular weight is 390 g/mol. The van der Waals surface area contributed by atoms with Crippen molar-refractivity contribution in [1.29, 1.82) is 0 Å². The number of ether oxygens (including phenoxy) is 1. The Kier molecular flexibility index (Phi) is 8.03. The second kappa shape index (κ2) is 10.0. The van der Waals surface area contributed by atoms with Crippen LogP contribution in [0.4, 0.5) is 5.13 Å². The number of anilines is 1. The van der Waals surface area contributed by atoms with E-state index in [0.717, 1.165) is 42.6 Å². The van der Waals surface area contributed by atoms with Crippen molar-refractivity contribution in [3.8, 4) is 0 Å². The van der Waals surface area contributed by atoms with Gasteiger partial charge in [-0.3, -0.25) is 15.6 Å². The lowest BCUT2D eigenvalue weighted by Crippen LogP contribution is -2.47. The Morgan fingerprint density at radius 2 is 2.17 bits per heavy atom. The summed E-state index contributed by atoms with van der Waals surface area (Å²) in [6.45, 7) is 5.61. The fourth-order valence-electron chi connectivity index (χ4n) is 2.12. The van der Waals surface area contributed by atoms with Crippen LogP contribution in [-0.2, 0) is 4.74 Å². The zero-order valence-corrected chi connectivity index (χ0v) is 16.3. The molecular formula is C14H23N5O2S3. The van der Waals surface area contributed by atoms with Crippen LogP contribution in [-0.4, -0.2) is 60.9 Å². The summed E-state index contributed by atoms with van der Waals surface area (Å²) in [5.41, 5.74) is 6.08. The Hall–Kier alpha value is -1.10. The molecule has 1 aliphatic heterocycles. The molecule has 0 aromatic carbocycles. The van der Waals surface area contributed by atoms with Gasteiger partial charge in [0.05, 0.1) is 18.9 Å². The van der Waals surface area contributed by atoms with Gasteiger partial charge in [-0.25, -0.2) is 4.98 Å². The van der Waals surface area contributed by atoms with Gasteiger partial charge in [0.15, 0.2) is 10.2 Å². The summed E-state index contributed by atoms with van der Waals surface area (Å²) in [6, 6.07) is 0. The van der Waals surface area contributed by atoms with E-state index in [9.17, 15) is 4.79 Å². The minimum absolute atomic E-state index is 0.224. The van der Waals surface area contributed by atoms with Crippen molar-refractivity contribution in [2.24, 2.45) is 0 Å². The predicted octanol–water partition coefficient (Wildman–Crippen LogP) is 1.15. The third kappa shape index (κ3) is 5.76. The maximum Gasteiger partial charge on any atom is 0.281 e. The van der Waals surface area contributed by atoms with E-state index in [0.29, 0.717) is 23.2 Å². The minimum Gasteiger partial charge on any atom is -0.378 e. The van der Waals surface area contributed by atoms with Gasteiger partial charge in [0.1, 0.15) is 4.88 Å². The number of carbonyl (C=O) groups is 1. The van der Waals surface area contributed by atoms with E-state index in [1.807, 2.05) is 6.92 Å². The van der Waals surface area contributed by atoms with Gasteiger partial charge in [-0.2, -0.15) is 11.8 Å². The van der Waals surface area contributed by atoms with Crippen LogP contribution in [0.25, 0.3) is 0 Å². The lowest BCUT2D eigenvalue weighted by atomic mass is 10.4. The third-order valence-corrected chi connectivity index (χ3v) is 5.53. The van der Waals surface area contributed by atoms with Crippen LogP contribution in [0.15, 0.2) is 0 Å². The Morgan fingerprint density at radius 1 is 1.42 bits per heavy atom. The number of hydrogen-bond donors (Lipinski definition) is 3. The highest BCUT2D eigenvalue weighted by atomic mass is 32.2. The first-order valence-electron chi connectivity index (χ1n) is 7.75. The largest absolute Gasteiger partial charge is 0.378 e. The Bertz CT molecular complexity index is 561. The number of hydrazine groups is 1. The molecule has 0 spiro atoms. The number of hydrogen-bond acceptors (Lipinski definition) is 7. The first-order valence-corrected chi connectivity index (χ1v) is 10.4. The number of aryl methyl sites for hydroxylation is 1. The molecule has 134 valence electrons. The summed E-state index contributed by atoms with van der Waals surface area (Å²) in [5.74, 6) is 0.851. The monoisotopic (exact) mass is 389 g/mol. The molecular weight excluding hydrogens is 366 g/mol. The Morgan fingerprint density at radius 3 is 2.88 bits per heavy atom. The fraction of sp³-hybridized carbons (Fsp3) is 0.643. The maximum absolute atomic E-state index is 12.3. The summed E-state index contributed by atoms with van der Waals surface area (Å²) >= 11 is 8.32. The standard InChI is InChI=1S/C14H23N5O2S3/c1-10-11(24-14(16-10)19-5-7-21-8-6-19)12(20)17-18-13(22)15-4-3-9-23-2/h3-9H2,1-2H3,(H,17,20)(H2,15,18,22). The number of thiocarbonyl (C=S) groups is 1. The smallest absolute Gasteiger partial charge is 0.281 e. The number of aromatic nitrogens is 1. The van der Waals surface area contributed by atoms with Crippen molar-refractivity contribution in [1.82, 2.24) is 21.2 Å². The maximum atomic E-state index is 12.3. The molecule has 10 heteroatoms. The molecule has 1 aromatic rings. The van der Waals surface area contributed by atoms with Gasteiger partial charge in [0.2, 0.25) is 0 Å². The second-order valence-corrected chi connectivity index (χ2v) is 7.56. The zero-order chi connectivity index (χ0) is 17.4. The first kappa shape index (κ1) is 19.2. The van der Waals surface area contributed by atoms with E-state index < -0.39 is 0 Å². The Labute approximate surface area is 155 Å². The molecule has 1 fully saturated rings. The molecule has 7 nitrogen and oxygen atoms in total. The second-order valence-electron chi connectivity index (χ2n) is 5.19. The van der Waals surface area contributed by atoms with Gasteiger partial charge in [0, 0.05) is 19.6 Å². The van der Waals surface area contributed by atoms with E-state index in [-0.39, 0.29) is 5.91 Å². The molecule has 0 unspecified atom stereocenters. The molecule has 1 amide bonds. The fourth-order valence-corrected chi connectivity index (χ4v) is 3.72. The molecule has 1 aliphatic rings. The molecule has 0 bridgehead atoms. The number of thiazole rings is 1. The van der Waals surface area contributed by atoms with Gasteiger partial charge < -0.3 is 15.0 Å². The highest BCUT2D eigenvalue weighted by Crippen LogP contribution is 2.26. The van der Waals surface area contributed by atoms with Crippen LogP contribution in [0.2, 0.25) is 0 Å². The highest BCUT2D eigenvalue weighted by Gasteiger charge is 2.20. The SMILES string of the molecule is CSCCCNC(=S)NNC(=O)c1sc(N2CCOCC2)nc1C. The van der Waals surface area contributed by atoms with E-state index in [4.69, 9.17) is 17.0 Å². The van der Waals surface area contributed by atoms with Crippen molar-refractivity contribution in [2.75, 3.05) is 49.8 Å². The lowest BCUT2D eigenvalue weighted by Gasteiger charge is -2.25. The summed E-state index contributed by atoms with van der Waals surface area (Å²) < 4.78 is 5.34. The van der Waals surface area contributed by atoms with Crippen LogP contribution in [0.1, 0.15) is 21.8 Å². The van der Waals surface area contributed by atoms with Gasteiger partial charge in [-0.15, -0.1) is 0 Å². The number of nitrogens with one attached hydrogen (secondary N) is 3. The molecule has 24 heavy (non-hydrogen) atoms. The van der Waals surface area contributed by atoms with E-state index in [2.05, 4.69) is 32.3 Å². The van der Waals surface area contributed by atoms with Crippen molar-refractivity contribution in [2.45, 2.75) is 13.3 Å². The van der Waals surface area contributed by atoms with Gasteiger partial charge >= 0.3 is 0 Å². The lowest BCUT2D eigenvalue weighted by molar-refractivity contribution is 0.0947. The number of amides is 1. The molecule has 3 N–H and O–H groups in total. The van der Waals surface area contributed by atoms with Gasteiger partial charge in [-0.1, -0.05) is 11.3 Å². The van der Waals surface area contributed by atoms with Crippen LogP contribution in [0.5, 0.6) is 0 Å². The summed E-state index contributed by atoms with van der Waals surface area (Å²) in [6.07, 6.45) is 3.09. The van der Waals surface area contributed by atoms with Crippen molar-refractivity contribution in [3.63, 3.8) is 0 Å². The Balaban J connectivity index is 1.81. The molecule has 0 radical (unpaired) electrons. The molecule has 2 heterocycles. The number of carbonyl (C=O) groups excluding carboxylic acids is 1. The van der Waals surface area contributed by atoms with Crippen LogP contribution in [0, 0.1) is 6.92 Å². The van der Waals surface area contributed by atoms with Crippen molar-refractivity contribution < 1.29 is 9.53 Å². The summed E-state index contributed by atoms with van der Waals surface area (Å²) in [4.78, 5) is 19.5. The molecule has 0 saturated carbocycles. The van der Waals surface area contributed by atoms with E-state index >= 15 is 0 Å². The van der Waals surface area contributed by atoms with Gasteiger partial charge in [0.25, 0.3) is 5.91 Å². The summed E-state index contributed by atoms with van der Waals surface area (Å²) in [7, 11) is 0. The topological polar surface area (TPSA) is 78.5 Å². The summed E-state index contributed by atoms with van der Waals surface area (Å²) in [5, 5.41) is 4.33. The molecule has 1 saturated heterocycles.